The molecule has 0 fully saturated rings. The van der Waals surface area contributed by atoms with Crippen molar-refractivity contribution in [1.29, 1.82) is 0 Å². The number of hydrogen-bond acceptors (Lipinski definition) is 3. The van der Waals surface area contributed by atoms with Gasteiger partial charge in [-0.15, -0.1) is 11.3 Å². The van der Waals surface area contributed by atoms with Gasteiger partial charge in [0, 0.05) is 10.4 Å². The molecule has 1 aliphatic heterocycles. The predicted octanol–water partition coefficient (Wildman–Crippen LogP) is 6.45. The van der Waals surface area contributed by atoms with E-state index in [1.165, 1.54) is 16.9 Å². The second-order valence-corrected chi connectivity index (χ2v) is 10.1. The molecule has 2 heterocycles. The van der Waals surface area contributed by atoms with E-state index in [9.17, 15) is 4.79 Å². The lowest BCUT2D eigenvalue weighted by Gasteiger charge is -2.36. The summed E-state index contributed by atoms with van der Waals surface area (Å²) < 4.78 is 0. The SMILES string of the molecule is CCC(C)(C)C1CCc2c(sc3c2C(=O)NC(c2cccc(Cl)c2Cl)N3)C1. The number of fused-ring (bicyclic) bond motifs is 3. The van der Waals surface area contributed by atoms with Gasteiger partial charge in [0.2, 0.25) is 0 Å². The third-order valence-electron chi connectivity index (χ3n) is 6.35. The van der Waals surface area contributed by atoms with Gasteiger partial charge >= 0.3 is 0 Å². The molecule has 144 valence electrons. The molecule has 3 nitrogen and oxygen atoms in total. The molecule has 1 aliphatic carbocycles. The van der Waals surface area contributed by atoms with Crippen molar-refractivity contribution in [2.24, 2.45) is 11.3 Å². The van der Waals surface area contributed by atoms with E-state index in [-0.39, 0.29) is 12.1 Å². The fraction of sp³-hybridized carbons (Fsp3) is 0.476. The third-order valence-corrected chi connectivity index (χ3v) is 8.37. The van der Waals surface area contributed by atoms with Crippen LogP contribution in [0.4, 0.5) is 5.00 Å². The summed E-state index contributed by atoms with van der Waals surface area (Å²) in [5, 5.41) is 8.47. The Kier molecular flexibility index (Phi) is 4.94. The van der Waals surface area contributed by atoms with Crippen LogP contribution in [0.1, 0.15) is 66.1 Å². The zero-order valence-corrected chi connectivity index (χ0v) is 18.1. The summed E-state index contributed by atoms with van der Waals surface area (Å²) >= 11 is 14.3. The summed E-state index contributed by atoms with van der Waals surface area (Å²) in [6.07, 6.45) is 4.00. The Morgan fingerprint density at radius 3 is 2.78 bits per heavy atom. The van der Waals surface area contributed by atoms with Gasteiger partial charge < -0.3 is 10.6 Å². The van der Waals surface area contributed by atoms with Gasteiger partial charge in [0.25, 0.3) is 5.91 Å². The molecule has 0 saturated carbocycles. The largest absolute Gasteiger partial charge is 0.353 e. The predicted molar refractivity (Wildman–Crippen MR) is 114 cm³/mol. The average molecular weight is 423 g/mol. The van der Waals surface area contributed by atoms with Crippen LogP contribution in [-0.4, -0.2) is 5.91 Å². The van der Waals surface area contributed by atoms with Crippen LogP contribution in [0.25, 0.3) is 0 Å². The summed E-state index contributed by atoms with van der Waals surface area (Å²) in [7, 11) is 0. The highest BCUT2D eigenvalue weighted by Crippen LogP contribution is 2.47. The highest BCUT2D eigenvalue weighted by atomic mass is 35.5. The van der Waals surface area contributed by atoms with E-state index < -0.39 is 0 Å². The number of carbonyl (C=O) groups excluding carboxylic acids is 1. The van der Waals surface area contributed by atoms with Gasteiger partial charge in [-0.05, 0) is 42.2 Å². The second kappa shape index (κ2) is 6.98. The van der Waals surface area contributed by atoms with Gasteiger partial charge in [0.1, 0.15) is 11.2 Å². The number of halogens is 2. The monoisotopic (exact) mass is 422 g/mol. The Hall–Kier alpha value is -1.23. The lowest BCUT2D eigenvalue weighted by atomic mass is 9.69. The summed E-state index contributed by atoms with van der Waals surface area (Å²) in [6, 6.07) is 5.50. The fourth-order valence-electron chi connectivity index (χ4n) is 4.15. The van der Waals surface area contributed by atoms with Crippen LogP contribution >= 0.6 is 34.5 Å². The zero-order chi connectivity index (χ0) is 19.3. The van der Waals surface area contributed by atoms with Gasteiger partial charge in [-0.1, -0.05) is 62.5 Å². The normalized spacial score (nSPS) is 21.9. The molecular weight excluding hydrogens is 399 g/mol. The van der Waals surface area contributed by atoms with Crippen LogP contribution in [0.2, 0.25) is 10.0 Å². The van der Waals surface area contributed by atoms with Crippen LogP contribution < -0.4 is 10.6 Å². The quantitative estimate of drug-likeness (QED) is 0.596. The number of rotatable bonds is 3. The lowest BCUT2D eigenvalue weighted by molar-refractivity contribution is 0.0934. The van der Waals surface area contributed by atoms with E-state index in [1.807, 2.05) is 12.1 Å². The number of benzene rings is 1. The summed E-state index contributed by atoms with van der Waals surface area (Å²) in [6.45, 7) is 6.99. The summed E-state index contributed by atoms with van der Waals surface area (Å²) in [5.74, 6) is 0.645. The molecule has 27 heavy (non-hydrogen) atoms. The molecular formula is C21H24Cl2N2OS. The van der Waals surface area contributed by atoms with E-state index in [4.69, 9.17) is 23.2 Å². The van der Waals surface area contributed by atoms with Crippen LogP contribution in [0.15, 0.2) is 18.2 Å². The van der Waals surface area contributed by atoms with Gasteiger partial charge in [0.15, 0.2) is 0 Å². The minimum Gasteiger partial charge on any atom is -0.353 e. The van der Waals surface area contributed by atoms with Gasteiger partial charge in [-0.3, -0.25) is 4.79 Å². The highest BCUT2D eigenvalue weighted by molar-refractivity contribution is 7.16. The van der Waals surface area contributed by atoms with Gasteiger partial charge in [0.05, 0.1) is 15.6 Å². The maximum absolute atomic E-state index is 12.9. The number of anilines is 1. The number of hydrogen-bond donors (Lipinski definition) is 2. The molecule has 0 bridgehead atoms. The summed E-state index contributed by atoms with van der Waals surface area (Å²) in [4.78, 5) is 14.3. The Morgan fingerprint density at radius 2 is 2.04 bits per heavy atom. The number of thiophene rings is 1. The van der Waals surface area contributed by atoms with Crippen molar-refractivity contribution in [1.82, 2.24) is 5.32 Å². The summed E-state index contributed by atoms with van der Waals surface area (Å²) in [5.41, 5.74) is 3.19. The fourth-order valence-corrected chi connectivity index (χ4v) is 5.92. The smallest absolute Gasteiger partial charge is 0.256 e. The van der Waals surface area contributed by atoms with Crippen LogP contribution in [0, 0.1) is 11.3 Å². The number of amides is 1. The second-order valence-electron chi connectivity index (χ2n) is 8.18. The van der Waals surface area contributed by atoms with E-state index in [0.717, 1.165) is 35.4 Å². The molecule has 0 saturated heterocycles. The van der Waals surface area contributed by atoms with Crippen LogP contribution in [0.5, 0.6) is 0 Å². The topological polar surface area (TPSA) is 41.1 Å². The highest BCUT2D eigenvalue weighted by Gasteiger charge is 2.37. The number of carbonyl (C=O) groups is 1. The van der Waals surface area contributed by atoms with Crippen molar-refractivity contribution in [3.63, 3.8) is 0 Å². The van der Waals surface area contributed by atoms with E-state index >= 15 is 0 Å². The first-order chi connectivity index (χ1) is 12.8. The molecule has 4 rings (SSSR count). The molecule has 6 heteroatoms. The van der Waals surface area contributed by atoms with Crippen molar-refractivity contribution in [3.8, 4) is 0 Å². The molecule has 2 aromatic rings. The molecule has 2 N–H and O–H groups in total. The molecule has 2 unspecified atom stereocenters. The standard InChI is InChI=1S/C21H24Cl2N2OS/c1-4-21(2,3)11-8-9-12-15(10-11)27-20-16(12)19(26)24-18(25-20)13-6-5-7-14(22)17(13)23/h5-7,11,18,25H,4,8-10H2,1-3H3,(H,24,26). The molecule has 0 radical (unpaired) electrons. The average Bonchev–Trinajstić information content (AvgIpc) is 3.01. The van der Waals surface area contributed by atoms with Crippen molar-refractivity contribution < 1.29 is 4.79 Å². The zero-order valence-electron chi connectivity index (χ0n) is 15.8. The van der Waals surface area contributed by atoms with Crippen LogP contribution in [0.3, 0.4) is 0 Å². The van der Waals surface area contributed by atoms with Crippen molar-refractivity contribution in [2.45, 2.75) is 52.6 Å². The Balaban J connectivity index is 1.66. The van der Waals surface area contributed by atoms with E-state index in [2.05, 4.69) is 31.4 Å². The van der Waals surface area contributed by atoms with E-state index in [0.29, 0.717) is 21.4 Å². The Labute approximate surface area is 174 Å². The van der Waals surface area contributed by atoms with Gasteiger partial charge in [-0.25, -0.2) is 0 Å². The molecule has 1 aromatic carbocycles. The molecule has 0 spiro atoms. The lowest BCUT2D eigenvalue weighted by Crippen LogP contribution is -2.38. The molecule has 1 amide bonds. The van der Waals surface area contributed by atoms with Crippen LogP contribution in [-0.2, 0) is 12.8 Å². The Morgan fingerprint density at radius 1 is 1.26 bits per heavy atom. The van der Waals surface area contributed by atoms with Crippen molar-refractivity contribution in [3.05, 3.63) is 49.8 Å². The Bertz CT molecular complexity index is 906. The van der Waals surface area contributed by atoms with Crippen molar-refractivity contribution >= 4 is 45.4 Å². The van der Waals surface area contributed by atoms with Crippen molar-refractivity contribution in [2.75, 3.05) is 5.32 Å². The molecule has 1 aromatic heterocycles. The maximum Gasteiger partial charge on any atom is 0.256 e. The minimum atomic E-state index is -0.362. The molecule has 2 aliphatic rings. The first kappa shape index (κ1) is 19.1. The first-order valence-electron chi connectivity index (χ1n) is 9.47. The molecule has 2 atom stereocenters. The minimum absolute atomic E-state index is 0.0181. The first-order valence-corrected chi connectivity index (χ1v) is 11.0. The van der Waals surface area contributed by atoms with Gasteiger partial charge in [-0.2, -0.15) is 0 Å². The third kappa shape index (κ3) is 3.26. The maximum atomic E-state index is 12.9. The number of nitrogens with one attached hydrogen (secondary N) is 2. The van der Waals surface area contributed by atoms with E-state index in [1.54, 1.807) is 17.4 Å².